The molecule has 1 aliphatic heterocycles. The van der Waals surface area contributed by atoms with Crippen LogP contribution in [0.5, 0.6) is 0 Å². The summed E-state index contributed by atoms with van der Waals surface area (Å²) in [6.45, 7) is 20.4. The van der Waals surface area contributed by atoms with Gasteiger partial charge in [0.25, 0.3) is 0 Å². The van der Waals surface area contributed by atoms with E-state index in [0.717, 1.165) is 6.42 Å². The van der Waals surface area contributed by atoms with Gasteiger partial charge in [-0.15, -0.1) is 0 Å². The molecule has 1 N–H and O–H groups in total. The Labute approximate surface area is 178 Å². The number of ether oxygens (including phenoxy) is 1. The molecule has 0 radical (unpaired) electrons. The van der Waals surface area contributed by atoms with Crippen LogP contribution >= 0.6 is 0 Å². The molecule has 7 heteroatoms. The van der Waals surface area contributed by atoms with Crippen LogP contribution in [0, 0.1) is 11.3 Å². The van der Waals surface area contributed by atoms with Crippen molar-refractivity contribution in [2.45, 2.75) is 97.8 Å². The minimum Gasteiger partial charge on any atom is -0.479 e. The van der Waals surface area contributed by atoms with Crippen molar-refractivity contribution in [3.05, 3.63) is 0 Å². The number of carboxylic acid groups (broad SMARTS) is 1. The summed E-state index contributed by atoms with van der Waals surface area (Å²) in [5.41, 5.74) is -1.15. The molecule has 0 aromatic carbocycles. The van der Waals surface area contributed by atoms with Crippen molar-refractivity contribution < 1.29 is 23.9 Å². The molecule has 0 aromatic heterocycles. The largest absolute Gasteiger partial charge is 0.479 e. The summed E-state index contributed by atoms with van der Waals surface area (Å²) in [7, 11) is -1.88. The third-order valence-electron chi connectivity index (χ3n) is 6.72. The molecule has 6 nitrogen and oxygen atoms in total. The lowest BCUT2D eigenvalue weighted by molar-refractivity contribution is -0.151. The standard InChI is InChI=1S/C22H43NO5Si/c1-17-11-14-23(19(26)27-16-13-20(2,3)4)22(17,18(24)25)12-10-15-28-29(8,9)21(5,6)7/h17H,10-16H2,1-9H3,(H,24,25)/t17?,22-/m0/s1. The highest BCUT2D eigenvalue weighted by Crippen LogP contribution is 2.40. The number of nitrogens with zero attached hydrogens (tertiary/aromatic N) is 1. The summed E-state index contributed by atoms with van der Waals surface area (Å²) in [6, 6.07) is 0. The average Bonchev–Trinajstić information content (AvgIpc) is 2.87. The molecule has 0 spiro atoms. The monoisotopic (exact) mass is 429 g/mol. The summed E-state index contributed by atoms with van der Waals surface area (Å²) in [5, 5.41) is 10.2. The topological polar surface area (TPSA) is 76.1 Å². The van der Waals surface area contributed by atoms with Gasteiger partial charge in [0.2, 0.25) is 0 Å². The van der Waals surface area contributed by atoms with E-state index in [1.807, 2.05) is 6.92 Å². The first kappa shape index (κ1) is 26.0. The van der Waals surface area contributed by atoms with Crippen LogP contribution < -0.4 is 0 Å². The molecule has 29 heavy (non-hydrogen) atoms. The Morgan fingerprint density at radius 2 is 1.72 bits per heavy atom. The van der Waals surface area contributed by atoms with E-state index in [1.54, 1.807) is 0 Å². The van der Waals surface area contributed by atoms with E-state index in [1.165, 1.54) is 4.90 Å². The number of hydrogen-bond donors (Lipinski definition) is 1. The van der Waals surface area contributed by atoms with Gasteiger partial charge in [0.05, 0.1) is 6.61 Å². The molecule has 2 atom stereocenters. The number of carboxylic acids is 1. The fraction of sp³-hybridized carbons (Fsp3) is 0.909. The van der Waals surface area contributed by atoms with Crippen molar-refractivity contribution >= 4 is 20.4 Å². The number of carbonyl (C=O) groups excluding carboxylic acids is 1. The highest BCUT2D eigenvalue weighted by Gasteiger charge is 2.55. The zero-order valence-electron chi connectivity index (χ0n) is 20.1. The van der Waals surface area contributed by atoms with E-state index in [9.17, 15) is 14.7 Å². The maximum absolute atomic E-state index is 12.7. The fourth-order valence-electron chi connectivity index (χ4n) is 3.50. The van der Waals surface area contributed by atoms with Crippen LogP contribution in [0.1, 0.15) is 74.1 Å². The summed E-state index contributed by atoms with van der Waals surface area (Å²) in [6.07, 6.45) is 1.89. The quantitative estimate of drug-likeness (QED) is 0.406. The molecule has 1 saturated heterocycles. The van der Waals surface area contributed by atoms with Gasteiger partial charge in [0, 0.05) is 13.2 Å². The molecular formula is C22H43NO5Si. The van der Waals surface area contributed by atoms with Crippen LogP contribution in [0.3, 0.4) is 0 Å². The minimum atomic E-state index is -1.88. The number of aliphatic carboxylic acids is 1. The van der Waals surface area contributed by atoms with Gasteiger partial charge in [-0.05, 0) is 55.1 Å². The molecule has 0 bridgehead atoms. The van der Waals surface area contributed by atoms with Gasteiger partial charge in [0.1, 0.15) is 5.54 Å². The SMILES string of the molecule is CC1CCN(C(=O)OCCC(C)(C)C)[C@]1(CCCO[Si](C)(C)C(C)(C)C)C(=O)O. The summed E-state index contributed by atoms with van der Waals surface area (Å²) in [4.78, 5) is 26.5. The van der Waals surface area contributed by atoms with Crippen molar-refractivity contribution in [1.29, 1.82) is 0 Å². The van der Waals surface area contributed by atoms with E-state index < -0.39 is 25.9 Å². The Bertz CT molecular complexity index is 579. The summed E-state index contributed by atoms with van der Waals surface area (Å²) in [5.74, 6) is -1.06. The molecule has 0 aliphatic carbocycles. The fourth-order valence-corrected chi connectivity index (χ4v) is 4.59. The Morgan fingerprint density at radius 3 is 2.21 bits per heavy atom. The van der Waals surface area contributed by atoms with Gasteiger partial charge >= 0.3 is 12.1 Å². The normalized spacial score (nSPS) is 23.3. The molecule has 1 fully saturated rings. The third kappa shape index (κ3) is 6.45. The van der Waals surface area contributed by atoms with Gasteiger partial charge in [-0.1, -0.05) is 48.5 Å². The molecule has 170 valence electrons. The number of likely N-dealkylation sites (tertiary alicyclic amines) is 1. The Hall–Kier alpha value is -1.08. The summed E-state index contributed by atoms with van der Waals surface area (Å²) < 4.78 is 11.7. The van der Waals surface area contributed by atoms with Crippen molar-refractivity contribution in [1.82, 2.24) is 4.90 Å². The van der Waals surface area contributed by atoms with E-state index in [0.29, 0.717) is 39.0 Å². The maximum atomic E-state index is 12.7. The second-order valence-corrected chi connectivity index (χ2v) is 16.0. The first-order valence-electron chi connectivity index (χ1n) is 10.9. The Balaban J connectivity index is 2.81. The first-order valence-corrected chi connectivity index (χ1v) is 13.8. The second-order valence-electron chi connectivity index (χ2n) is 11.2. The molecule has 1 amide bonds. The third-order valence-corrected chi connectivity index (χ3v) is 11.3. The predicted octanol–water partition coefficient (Wildman–Crippen LogP) is 5.53. The number of hydrogen-bond acceptors (Lipinski definition) is 4. The molecule has 1 unspecified atom stereocenters. The lowest BCUT2D eigenvalue weighted by atomic mass is 9.82. The zero-order valence-corrected chi connectivity index (χ0v) is 21.1. The molecule has 1 aliphatic rings. The molecule has 1 rings (SSSR count). The number of amides is 1. The zero-order chi connectivity index (χ0) is 22.7. The van der Waals surface area contributed by atoms with E-state index >= 15 is 0 Å². The van der Waals surface area contributed by atoms with Crippen LogP contribution in [0.2, 0.25) is 18.1 Å². The Kier molecular flexibility index (Phi) is 8.39. The van der Waals surface area contributed by atoms with Crippen LogP contribution in [-0.4, -0.2) is 55.7 Å². The lowest BCUT2D eigenvalue weighted by Gasteiger charge is -2.38. The smallest absolute Gasteiger partial charge is 0.410 e. The van der Waals surface area contributed by atoms with Gasteiger partial charge < -0.3 is 14.3 Å². The molecule has 0 saturated carbocycles. The predicted molar refractivity (Wildman–Crippen MR) is 119 cm³/mol. The molecular weight excluding hydrogens is 386 g/mol. The van der Waals surface area contributed by atoms with Gasteiger partial charge in [-0.3, -0.25) is 4.90 Å². The van der Waals surface area contributed by atoms with Crippen LogP contribution in [0.25, 0.3) is 0 Å². The van der Waals surface area contributed by atoms with E-state index in [4.69, 9.17) is 9.16 Å². The lowest BCUT2D eigenvalue weighted by Crippen LogP contribution is -2.56. The van der Waals surface area contributed by atoms with Crippen molar-refractivity contribution in [2.24, 2.45) is 11.3 Å². The van der Waals surface area contributed by atoms with E-state index in [-0.39, 0.29) is 16.4 Å². The van der Waals surface area contributed by atoms with Crippen LogP contribution in [-0.2, 0) is 14.0 Å². The minimum absolute atomic E-state index is 0.0591. The highest BCUT2D eigenvalue weighted by atomic mass is 28.4. The van der Waals surface area contributed by atoms with Gasteiger partial charge in [-0.2, -0.15) is 0 Å². The van der Waals surface area contributed by atoms with Crippen molar-refractivity contribution in [2.75, 3.05) is 19.8 Å². The molecule has 0 aromatic rings. The Morgan fingerprint density at radius 1 is 1.14 bits per heavy atom. The second kappa shape index (κ2) is 9.37. The number of carbonyl (C=O) groups is 2. The van der Waals surface area contributed by atoms with Crippen molar-refractivity contribution in [3.63, 3.8) is 0 Å². The van der Waals surface area contributed by atoms with Crippen LogP contribution in [0.4, 0.5) is 4.79 Å². The molecule has 1 heterocycles. The maximum Gasteiger partial charge on any atom is 0.410 e. The van der Waals surface area contributed by atoms with E-state index in [2.05, 4.69) is 54.6 Å². The summed E-state index contributed by atoms with van der Waals surface area (Å²) >= 11 is 0. The first-order chi connectivity index (χ1) is 13.0. The van der Waals surface area contributed by atoms with Gasteiger partial charge in [-0.25, -0.2) is 9.59 Å². The van der Waals surface area contributed by atoms with Crippen LogP contribution in [0.15, 0.2) is 0 Å². The van der Waals surface area contributed by atoms with Crippen molar-refractivity contribution in [3.8, 4) is 0 Å². The van der Waals surface area contributed by atoms with Gasteiger partial charge in [0.15, 0.2) is 8.32 Å². The highest BCUT2D eigenvalue weighted by molar-refractivity contribution is 6.74. The average molecular weight is 430 g/mol. The number of rotatable bonds is 8.